The van der Waals surface area contributed by atoms with E-state index in [1.54, 1.807) is 0 Å². The Bertz CT molecular complexity index is 348. The first-order valence-electron chi connectivity index (χ1n) is 7.32. The Morgan fingerprint density at radius 2 is 2.17 bits per heavy atom. The summed E-state index contributed by atoms with van der Waals surface area (Å²) in [6.07, 6.45) is 5.20. The molecule has 0 bridgehead atoms. The van der Waals surface area contributed by atoms with Gasteiger partial charge in [0.25, 0.3) is 0 Å². The number of nitrogens with one attached hydrogen (secondary N) is 1. The second kappa shape index (κ2) is 6.95. The van der Waals surface area contributed by atoms with Gasteiger partial charge in [-0.2, -0.15) is 0 Å². The minimum absolute atomic E-state index is 0.700. The van der Waals surface area contributed by atoms with Gasteiger partial charge in [0.1, 0.15) is 11.5 Å². The van der Waals surface area contributed by atoms with Crippen LogP contribution in [0.25, 0.3) is 0 Å². The van der Waals surface area contributed by atoms with Crippen LogP contribution in [0.4, 0.5) is 0 Å². The van der Waals surface area contributed by atoms with E-state index in [-0.39, 0.29) is 0 Å². The topological polar surface area (TPSA) is 28.4 Å². The highest BCUT2D eigenvalue weighted by atomic mass is 16.3. The van der Waals surface area contributed by atoms with Gasteiger partial charge < -0.3 is 9.73 Å². The molecule has 0 spiro atoms. The summed E-state index contributed by atoms with van der Waals surface area (Å²) in [6, 6.07) is 4.93. The third-order valence-corrected chi connectivity index (χ3v) is 3.74. The van der Waals surface area contributed by atoms with Gasteiger partial charge in [0.15, 0.2) is 0 Å². The van der Waals surface area contributed by atoms with Gasteiger partial charge in [-0.05, 0) is 51.4 Å². The monoisotopic (exact) mass is 250 g/mol. The quantitative estimate of drug-likeness (QED) is 0.786. The Hall–Kier alpha value is -0.800. The molecule has 1 aliphatic heterocycles. The molecular weight excluding hydrogens is 224 g/mol. The van der Waals surface area contributed by atoms with Gasteiger partial charge in [-0.1, -0.05) is 13.3 Å². The van der Waals surface area contributed by atoms with Gasteiger partial charge in [-0.15, -0.1) is 0 Å². The number of furan rings is 1. The zero-order valence-electron chi connectivity index (χ0n) is 11.7. The average Bonchev–Trinajstić information content (AvgIpc) is 2.80. The van der Waals surface area contributed by atoms with Gasteiger partial charge >= 0.3 is 0 Å². The standard InChI is InChI=1S/C15H26N2O/c1-3-9-16-11-14-7-8-15(18-14)12-17-10-5-4-6-13(17)2/h7-8,13,16H,3-6,9-12H2,1-2H3. The first-order chi connectivity index (χ1) is 8.79. The number of hydrogen-bond donors (Lipinski definition) is 1. The summed E-state index contributed by atoms with van der Waals surface area (Å²) in [5.41, 5.74) is 0. The smallest absolute Gasteiger partial charge is 0.118 e. The normalized spacial score (nSPS) is 21.3. The highest BCUT2D eigenvalue weighted by molar-refractivity contribution is 5.07. The predicted octanol–water partition coefficient (Wildman–Crippen LogP) is 3.15. The molecule has 102 valence electrons. The van der Waals surface area contributed by atoms with Crippen LogP contribution in [-0.4, -0.2) is 24.0 Å². The Labute approximate surface area is 111 Å². The molecule has 0 amide bonds. The molecule has 1 aromatic rings. The van der Waals surface area contributed by atoms with E-state index in [0.717, 1.165) is 31.2 Å². The largest absolute Gasteiger partial charge is 0.463 e. The van der Waals surface area contributed by atoms with Crippen molar-refractivity contribution in [1.82, 2.24) is 10.2 Å². The van der Waals surface area contributed by atoms with Crippen LogP contribution >= 0.6 is 0 Å². The van der Waals surface area contributed by atoms with Gasteiger partial charge in [0.05, 0.1) is 13.1 Å². The first-order valence-corrected chi connectivity index (χ1v) is 7.32. The van der Waals surface area contributed by atoms with E-state index >= 15 is 0 Å². The molecule has 2 rings (SSSR count). The number of hydrogen-bond acceptors (Lipinski definition) is 3. The molecule has 3 heteroatoms. The molecule has 0 saturated carbocycles. The predicted molar refractivity (Wildman–Crippen MR) is 74.4 cm³/mol. The van der Waals surface area contributed by atoms with Crippen LogP contribution in [0.5, 0.6) is 0 Å². The third kappa shape index (κ3) is 3.85. The molecule has 3 nitrogen and oxygen atoms in total. The maximum absolute atomic E-state index is 5.88. The summed E-state index contributed by atoms with van der Waals surface area (Å²) in [5, 5.41) is 3.37. The number of rotatable bonds is 6. The summed E-state index contributed by atoms with van der Waals surface area (Å²) in [7, 11) is 0. The van der Waals surface area contributed by atoms with Gasteiger partial charge in [0.2, 0.25) is 0 Å². The van der Waals surface area contributed by atoms with Crippen LogP contribution in [-0.2, 0) is 13.1 Å². The number of likely N-dealkylation sites (tertiary alicyclic amines) is 1. The molecule has 1 unspecified atom stereocenters. The molecule has 0 aliphatic carbocycles. The third-order valence-electron chi connectivity index (χ3n) is 3.74. The molecule has 2 heterocycles. The van der Waals surface area contributed by atoms with Crippen molar-refractivity contribution in [2.45, 2.75) is 58.7 Å². The zero-order valence-corrected chi connectivity index (χ0v) is 11.7. The van der Waals surface area contributed by atoms with Crippen LogP contribution < -0.4 is 5.32 Å². The lowest BCUT2D eigenvalue weighted by Crippen LogP contribution is -2.36. The van der Waals surface area contributed by atoms with E-state index in [9.17, 15) is 0 Å². The number of piperidine rings is 1. The Kier molecular flexibility index (Phi) is 5.26. The van der Waals surface area contributed by atoms with Crippen molar-refractivity contribution in [3.63, 3.8) is 0 Å². The van der Waals surface area contributed by atoms with Gasteiger partial charge in [-0.25, -0.2) is 0 Å². The summed E-state index contributed by atoms with van der Waals surface area (Å²) >= 11 is 0. The van der Waals surface area contributed by atoms with Crippen molar-refractivity contribution < 1.29 is 4.42 Å². The van der Waals surface area contributed by atoms with Crippen LogP contribution in [0.2, 0.25) is 0 Å². The van der Waals surface area contributed by atoms with E-state index in [1.807, 2.05) is 0 Å². The molecule has 1 aliphatic rings. The van der Waals surface area contributed by atoms with Gasteiger partial charge in [0, 0.05) is 6.04 Å². The fourth-order valence-electron chi connectivity index (χ4n) is 2.58. The number of nitrogens with zero attached hydrogens (tertiary/aromatic N) is 1. The summed E-state index contributed by atoms with van der Waals surface area (Å²) in [6.45, 7) is 8.59. The molecule has 0 aromatic carbocycles. The fraction of sp³-hybridized carbons (Fsp3) is 0.733. The molecule has 18 heavy (non-hydrogen) atoms. The van der Waals surface area contributed by atoms with E-state index in [1.165, 1.54) is 32.2 Å². The minimum Gasteiger partial charge on any atom is -0.463 e. The molecule has 1 fully saturated rings. The van der Waals surface area contributed by atoms with Crippen LogP contribution in [0.15, 0.2) is 16.5 Å². The van der Waals surface area contributed by atoms with Crippen molar-refractivity contribution in [2.75, 3.05) is 13.1 Å². The van der Waals surface area contributed by atoms with Crippen LogP contribution in [0, 0.1) is 0 Å². The molecule has 0 radical (unpaired) electrons. The van der Waals surface area contributed by atoms with Gasteiger partial charge in [-0.3, -0.25) is 4.90 Å². The Balaban J connectivity index is 1.82. The molecule has 1 N–H and O–H groups in total. The zero-order chi connectivity index (χ0) is 12.8. The van der Waals surface area contributed by atoms with E-state index in [2.05, 4.69) is 36.2 Å². The second-order valence-corrected chi connectivity index (χ2v) is 5.36. The van der Waals surface area contributed by atoms with Crippen molar-refractivity contribution in [3.05, 3.63) is 23.7 Å². The summed E-state index contributed by atoms with van der Waals surface area (Å²) < 4.78 is 5.88. The Morgan fingerprint density at radius 3 is 2.94 bits per heavy atom. The van der Waals surface area contributed by atoms with Crippen molar-refractivity contribution in [3.8, 4) is 0 Å². The van der Waals surface area contributed by atoms with E-state index in [0.29, 0.717) is 6.04 Å². The Morgan fingerprint density at radius 1 is 1.33 bits per heavy atom. The molecular formula is C15H26N2O. The SMILES string of the molecule is CCCNCc1ccc(CN2CCCCC2C)o1. The van der Waals surface area contributed by atoms with Crippen LogP contribution in [0.3, 0.4) is 0 Å². The maximum Gasteiger partial charge on any atom is 0.118 e. The fourth-order valence-corrected chi connectivity index (χ4v) is 2.58. The average molecular weight is 250 g/mol. The lowest BCUT2D eigenvalue weighted by Gasteiger charge is -2.32. The molecule has 1 aromatic heterocycles. The summed E-state index contributed by atoms with van der Waals surface area (Å²) in [5.74, 6) is 2.17. The lowest BCUT2D eigenvalue weighted by atomic mass is 10.0. The van der Waals surface area contributed by atoms with E-state index < -0.39 is 0 Å². The molecule has 1 saturated heterocycles. The first kappa shape index (κ1) is 13.6. The minimum atomic E-state index is 0.700. The van der Waals surface area contributed by atoms with E-state index in [4.69, 9.17) is 4.42 Å². The van der Waals surface area contributed by atoms with Crippen molar-refractivity contribution >= 4 is 0 Å². The second-order valence-electron chi connectivity index (χ2n) is 5.36. The van der Waals surface area contributed by atoms with Crippen molar-refractivity contribution in [2.24, 2.45) is 0 Å². The summed E-state index contributed by atoms with van der Waals surface area (Å²) in [4.78, 5) is 2.53. The highest BCUT2D eigenvalue weighted by Crippen LogP contribution is 2.20. The molecule has 1 atom stereocenters. The maximum atomic E-state index is 5.88. The van der Waals surface area contributed by atoms with Crippen LogP contribution in [0.1, 0.15) is 51.1 Å². The van der Waals surface area contributed by atoms with Crippen molar-refractivity contribution in [1.29, 1.82) is 0 Å². The lowest BCUT2D eigenvalue weighted by molar-refractivity contribution is 0.141. The highest BCUT2D eigenvalue weighted by Gasteiger charge is 2.19.